The zero-order valence-electron chi connectivity index (χ0n) is 13.5. The van der Waals surface area contributed by atoms with Gasteiger partial charge in [-0.05, 0) is 47.2 Å². The Morgan fingerprint density at radius 3 is 2.72 bits per heavy atom. The van der Waals surface area contributed by atoms with Crippen LogP contribution < -0.4 is 4.74 Å². The molecular formula is C20H16ClFO2S. The maximum absolute atomic E-state index is 14.2. The molecule has 0 aliphatic carbocycles. The van der Waals surface area contributed by atoms with Crippen molar-refractivity contribution in [3.63, 3.8) is 0 Å². The molecule has 3 rings (SSSR count). The third-order valence-corrected chi connectivity index (χ3v) is 4.99. The lowest BCUT2D eigenvalue weighted by Crippen LogP contribution is -2.11. The van der Waals surface area contributed by atoms with Crippen LogP contribution in [0.4, 0.5) is 4.39 Å². The third kappa shape index (κ3) is 4.47. The first-order valence-corrected chi connectivity index (χ1v) is 9.08. The first kappa shape index (κ1) is 17.6. The highest BCUT2D eigenvalue weighted by Crippen LogP contribution is 2.30. The van der Waals surface area contributed by atoms with Crippen molar-refractivity contribution in [2.45, 2.75) is 19.3 Å². The van der Waals surface area contributed by atoms with Crippen molar-refractivity contribution in [1.29, 1.82) is 0 Å². The molecule has 1 atom stereocenters. The van der Waals surface area contributed by atoms with Crippen molar-refractivity contribution >= 4 is 28.9 Å². The van der Waals surface area contributed by atoms with E-state index in [0.29, 0.717) is 10.6 Å². The molecule has 5 heteroatoms. The minimum atomic E-state index is -0.407. The molecule has 0 saturated carbocycles. The molecular weight excluding hydrogens is 359 g/mol. The molecule has 0 bridgehead atoms. The van der Waals surface area contributed by atoms with Gasteiger partial charge < -0.3 is 4.74 Å². The highest BCUT2D eigenvalue weighted by atomic mass is 35.5. The zero-order valence-corrected chi connectivity index (χ0v) is 15.1. The fraction of sp³-hybridized carbons (Fsp3) is 0.150. The van der Waals surface area contributed by atoms with Crippen molar-refractivity contribution < 1.29 is 13.9 Å². The van der Waals surface area contributed by atoms with Gasteiger partial charge in [-0.25, -0.2) is 4.39 Å². The van der Waals surface area contributed by atoms with Gasteiger partial charge in [0.05, 0.1) is 6.42 Å². The highest BCUT2D eigenvalue weighted by molar-refractivity contribution is 7.13. The van der Waals surface area contributed by atoms with E-state index in [9.17, 15) is 9.18 Å². The lowest BCUT2D eigenvalue weighted by molar-refractivity contribution is -0.134. The van der Waals surface area contributed by atoms with Crippen LogP contribution in [0.1, 0.15) is 24.8 Å². The number of hydrogen-bond acceptors (Lipinski definition) is 3. The van der Waals surface area contributed by atoms with Gasteiger partial charge >= 0.3 is 5.97 Å². The topological polar surface area (TPSA) is 26.3 Å². The van der Waals surface area contributed by atoms with E-state index in [1.54, 1.807) is 18.2 Å². The molecule has 0 N–H and O–H groups in total. The zero-order chi connectivity index (χ0) is 17.8. The van der Waals surface area contributed by atoms with Crippen molar-refractivity contribution in [1.82, 2.24) is 0 Å². The average Bonchev–Trinajstić information content (AvgIpc) is 3.09. The summed E-state index contributed by atoms with van der Waals surface area (Å²) in [6, 6.07) is 15.6. The second-order valence-corrected chi connectivity index (χ2v) is 7.14. The largest absolute Gasteiger partial charge is 0.426 e. The van der Waals surface area contributed by atoms with Crippen LogP contribution in [0.25, 0.3) is 10.4 Å². The maximum Gasteiger partial charge on any atom is 0.311 e. The second-order valence-electron chi connectivity index (χ2n) is 5.75. The van der Waals surface area contributed by atoms with E-state index in [2.05, 4.69) is 0 Å². The van der Waals surface area contributed by atoms with Crippen LogP contribution in [0, 0.1) is 5.82 Å². The van der Waals surface area contributed by atoms with Crippen molar-refractivity contribution in [3.8, 4) is 16.2 Å². The number of benzene rings is 2. The first-order chi connectivity index (χ1) is 12.0. The molecule has 3 aromatic rings. The summed E-state index contributed by atoms with van der Waals surface area (Å²) in [5.74, 6) is -0.645. The van der Waals surface area contributed by atoms with E-state index in [1.165, 1.54) is 17.4 Å². The quantitative estimate of drug-likeness (QED) is 0.386. The van der Waals surface area contributed by atoms with Crippen molar-refractivity contribution in [2.24, 2.45) is 0 Å². The Morgan fingerprint density at radius 2 is 2.04 bits per heavy atom. The number of thiophene rings is 1. The molecule has 2 nitrogen and oxygen atoms in total. The summed E-state index contributed by atoms with van der Waals surface area (Å²) in [6.45, 7) is 1.92. The Balaban J connectivity index is 1.66. The summed E-state index contributed by atoms with van der Waals surface area (Å²) in [7, 11) is 0. The fourth-order valence-corrected chi connectivity index (χ4v) is 3.50. The number of carbonyl (C=O) groups excluding carboxylic acids is 1. The maximum atomic E-state index is 14.2. The van der Waals surface area contributed by atoms with Crippen LogP contribution >= 0.6 is 22.9 Å². The lowest BCUT2D eigenvalue weighted by atomic mass is 9.98. The first-order valence-electron chi connectivity index (χ1n) is 7.82. The van der Waals surface area contributed by atoms with E-state index < -0.39 is 11.8 Å². The van der Waals surface area contributed by atoms with E-state index in [0.717, 1.165) is 10.4 Å². The number of esters is 1. The molecule has 0 fully saturated rings. The Hall–Kier alpha value is -2.17. The van der Waals surface area contributed by atoms with Gasteiger partial charge in [0, 0.05) is 21.5 Å². The summed E-state index contributed by atoms with van der Waals surface area (Å²) in [5, 5.41) is 2.52. The van der Waals surface area contributed by atoms with E-state index in [1.807, 2.05) is 42.6 Å². The standard InChI is InChI=1S/C20H16ClFO2S/c1-13(14-4-2-5-15(21)11-14)10-20(23)24-16-7-8-17(18(22)12-16)19-6-3-9-25-19/h2-9,11-13H,10H2,1H3. The number of rotatable bonds is 5. The van der Waals surface area contributed by atoms with Crippen molar-refractivity contribution in [2.75, 3.05) is 0 Å². The van der Waals surface area contributed by atoms with Gasteiger partial charge in [0.15, 0.2) is 0 Å². The van der Waals surface area contributed by atoms with Crippen molar-refractivity contribution in [3.05, 3.63) is 76.4 Å². The van der Waals surface area contributed by atoms with Gasteiger partial charge in [-0.3, -0.25) is 4.79 Å². The molecule has 0 aliphatic heterocycles. The average molecular weight is 375 g/mol. The molecule has 128 valence electrons. The summed E-state index contributed by atoms with van der Waals surface area (Å²) in [6.07, 6.45) is 0.189. The molecule has 0 amide bonds. The van der Waals surface area contributed by atoms with E-state index >= 15 is 0 Å². The number of carbonyl (C=O) groups is 1. The molecule has 0 saturated heterocycles. The highest BCUT2D eigenvalue weighted by Gasteiger charge is 2.15. The minimum Gasteiger partial charge on any atom is -0.426 e. The molecule has 1 aromatic heterocycles. The molecule has 1 unspecified atom stereocenters. The van der Waals surface area contributed by atoms with Crippen LogP contribution in [-0.2, 0) is 4.79 Å². The third-order valence-electron chi connectivity index (χ3n) is 3.85. The predicted molar refractivity (Wildman–Crippen MR) is 99.8 cm³/mol. The fourth-order valence-electron chi connectivity index (χ4n) is 2.55. The van der Waals surface area contributed by atoms with Gasteiger partial charge in [0.2, 0.25) is 0 Å². The van der Waals surface area contributed by atoms with Gasteiger partial charge in [-0.1, -0.05) is 36.7 Å². The summed E-state index contributed by atoms with van der Waals surface area (Å²) < 4.78 is 19.5. The van der Waals surface area contributed by atoms with Crippen LogP contribution in [-0.4, -0.2) is 5.97 Å². The monoisotopic (exact) mass is 374 g/mol. The van der Waals surface area contributed by atoms with E-state index in [-0.39, 0.29) is 18.1 Å². The normalized spacial score (nSPS) is 12.0. The minimum absolute atomic E-state index is 0.0403. The number of ether oxygens (including phenoxy) is 1. The van der Waals surface area contributed by atoms with E-state index in [4.69, 9.17) is 16.3 Å². The van der Waals surface area contributed by atoms with Gasteiger partial charge in [-0.15, -0.1) is 11.3 Å². The summed E-state index contributed by atoms with van der Waals surface area (Å²) in [5.41, 5.74) is 1.46. The summed E-state index contributed by atoms with van der Waals surface area (Å²) in [4.78, 5) is 13.0. The Bertz CT molecular complexity index is 877. The molecule has 2 aromatic carbocycles. The summed E-state index contributed by atoms with van der Waals surface area (Å²) >= 11 is 7.43. The SMILES string of the molecule is CC(CC(=O)Oc1ccc(-c2cccs2)c(F)c1)c1cccc(Cl)c1. The molecule has 0 aliphatic rings. The van der Waals surface area contributed by atoms with Gasteiger partial charge in [0.1, 0.15) is 11.6 Å². The molecule has 0 radical (unpaired) electrons. The lowest BCUT2D eigenvalue weighted by Gasteiger charge is -2.12. The van der Waals surface area contributed by atoms with Gasteiger partial charge in [0.25, 0.3) is 0 Å². The Kier molecular flexibility index (Phi) is 5.51. The van der Waals surface area contributed by atoms with Crippen LogP contribution in [0.5, 0.6) is 5.75 Å². The van der Waals surface area contributed by atoms with Crippen LogP contribution in [0.3, 0.4) is 0 Å². The van der Waals surface area contributed by atoms with Gasteiger partial charge in [-0.2, -0.15) is 0 Å². The van der Waals surface area contributed by atoms with Crippen LogP contribution in [0.15, 0.2) is 60.0 Å². The number of hydrogen-bond donors (Lipinski definition) is 0. The predicted octanol–water partition coefficient (Wildman–Crippen LogP) is 6.31. The van der Waals surface area contributed by atoms with Crippen LogP contribution in [0.2, 0.25) is 5.02 Å². The number of halogens is 2. The smallest absolute Gasteiger partial charge is 0.311 e. The second kappa shape index (κ2) is 7.81. The Morgan fingerprint density at radius 1 is 1.20 bits per heavy atom. The molecule has 0 spiro atoms. The molecule has 25 heavy (non-hydrogen) atoms. The molecule has 1 heterocycles. The Labute approximate surface area is 154 Å².